The van der Waals surface area contributed by atoms with E-state index in [1.54, 1.807) is 13.8 Å². The zero-order chi connectivity index (χ0) is 20.3. The molecule has 0 saturated carbocycles. The number of anilines is 1. The number of halogens is 2. The Labute approximate surface area is 164 Å². The molecule has 1 amide bonds. The number of methoxy groups -OCH3 is 1. The van der Waals surface area contributed by atoms with Gasteiger partial charge in [0.2, 0.25) is 0 Å². The predicted octanol–water partition coefficient (Wildman–Crippen LogP) is 4.45. The van der Waals surface area contributed by atoms with Gasteiger partial charge in [-0.15, -0.1) is 11.3 Å². The van der Waals surface area contributed by atoms with Crippen LogP contribution in [0, 0.1) is 12.7 Å². The maximum absolute atomic E-state index is 14.0. The van der Waals surface area contributed by atoms with Crippen LogP contribution in [0.25, 0.3) is 0 Å². The minimum absolute atomic E-state index is 0.00918. The summed E-state index contributed by atoms with van der Waals surface area (Å²) in [6.45, 7) is 4.86. The average molecular weight is 414 g/mol. The molecule has 0 spiro atoms. The van der Waals surface area contributed by atoms with Gasteiger partial charge >= 0.3 is 11.9 Å². The first-order chi connectivity index (χ1) is 12.7. The van der Waals surface area contributed by atoms with Crippen molar-refractivity contribution in [2.75, 3.05) is 12.4 Å². The highest BCUT2D eigenvalue weighted by molar-refractivity contribution is 7.18. The molecule has 144 valence electrons. The molecule has 1 heterocycles. The van der Waals surface area contributed by atoms with Crippen molar-refractivity contribution in [3.8, 4) is 0 Å². The molecule has 0 bridgehead atoms. The van der Waals surface area contributed by atoms with Gasteiger partial charge in [0.15, 0.2) is 0 Å². The SMILES string of the molecule is COC(=O)c1sc(NC(=O)c2c(F)cccc2Cl)c(C(=O)OC(C)C)c1C. The van der Waals surface area contributed by atoms with E-state index in [0.29, 0.717) is 5.56 Å². The van der Waals surface area contributed by atoms with Crippen molar-refractivity contribution < 1.29 is 28.2 Å². The Kier molecular flexibility index (Phi) is 6.56. The fourth-order valence-electron chi connectivity index (χ4n) is 2.29. The third-order valence-corrected chi connectivity index (χ3v) is 4.98. The quantitative estimate of drug-likeness (QED) is 0.732. The first-order valence-corrected chi connectivity index (χ1v) is 9.04. The summed E-state index contributed by atoms with van der Waals surface area (Å²) in [5, 5.41) is 2.41. The van der Waals surface area contributed by atoms with Crippen LogP contribution in [0.5, 0.6) is 0 Å². The van der Waals surface area contributed by atoms with E-state index in [0.717, 1.165) is 17.4 Å². The van der Waals surface area contributed by atoms with E-state index in [1.807, 2.05) is 0 Å². The van der Waals surface area contributed by atoms with Crippen molar-refractivity contribution in [3.63, 3.8) is 0 Å². The van der Waals surface area contributed by atoms with Crippen LogP contribution < -0.4 is 5.32 Å². The zero-order valence-corrected chi connectivity index (χ0v) is 16.6. The number of hydrogen-bond donors (Lipinski definition) is 1. The third-order valence-electron chi connectivity index (χ3n) is 3.48. The zero-order valence-electron chi connectivity index (χ0n) is 15.0. The van der Waals surface area contributed by atoms with Crippen LogP contribution in [0.1, 0.15) is 49.8 Å². The lowest BCUT2D eigenvalue weighted by Crippen LogP contribution is -2.18. The highest BCUT2D eigenvalue weighted by Crippen LogP contribution is 2.35. The van der Waals surface area contributed by atoms with Crippen LogP contribution >= 0.6 is 22.9 Å². The Bertz CT molecular complexity index is 889. The van der Waals surface area contributed by atoms with Crippen LogP contribution in [-0.4, -0.2) is 31.1 Å². The monoisotopic (exact) mass is 413 g/mol. The van der Waals surface area contributed by atoms with Gasteiger partial charge < -0.3 is 14.8 Å². The first-order valence-electron chi connectivity index (χ1n) is 7.85. The molecular formula is C18H17ClFNO5S. The normalized spacial score (nSPS) is 10.6. The molecule has 9 heteroatoms. The van der Waals surface area contributed by atoms with E-state index in [4.69, 9.17) is 21.1 Å². The molecule has 2 rings (SSSR count). The number of nitrogens with one attached hydrogen (secondary N) is 1. The standard InChI is InChI=1S/C18H17ClFNO5S/c1-8(2)26-17(23)12-9(3)14(18(24)25-4)27-16(12)21-15(22)13-10(19)6-5-7-11(13)20/h5-8H,1-4H3,(H,21,22). The molecule has 0 radical (unpaired) electrons. The number of esters is 2. The lowest BCUT2D eigenvalue weighted by Gasteiger charge is -2.11. The average Bonchev–Trinajstić information content (AvgIpc) is 2.89. The molecule has 0 aliphatic carbocycles. The van der Waals surface area contributed by atoms with Crippen molar-refractivity contribution in [2.24, 2.45) is 0 Å². The number of rotatable bonds is 5. The second kappa shape index (κ2) is 8.49. The fourth-order valence-corrected chi connectivity index (χ4v) is 3.65. The third kappa shape index (κ3) is 4.45. The summed E-state index contributed by atoms with van der Waals surface area (Å²) in [7, 11) is 1.20. The fraction of sp³-hybridized carbons (Fsp3) is 0.278. The van der Waals surface area contributed by atoms with E-state index in [2.05, 4.69) is 5.32 Å². The maximum atomic E-state index is 14.0. The van der Waals surface area contributed by atoms with E-state index >= 15 is 0 Å². The molecule has 1 aromatic carbocycles. The maximum Gasteiger partial charge on any atom is 0.348 e. The second-order valence-corrected chi connectivity index (χ2v) is 7.18. The van der Waals surface area contributed by atoms with E-state index < -0.39 is 29.8 Å². The number of ether oxygens (including phenoxy) is 2. The van der Waals surface area contributed by atoms with Gasteiger partial charge in [-0.25, -0.2) is 14.0 Å². The van der Waals surface area contributed by atoms with Gasteiger partial charge in [-0.3, -0.25) is 4.79 Å². The molecule has 0 fully saturated rings. The molecule has 0 aliphatic heterocycles. The lowest BCUT2D eigenvalue weighted by atomic mass is 10.1. The molecule has 1 N–H and O–H groups in total. The van der Waals surface area contributed by atoms with Gasteiger partial charge in [-0.1, -0.05) is 17.7 Å². The Morgan fingerprint density at radius 1 is 1.19 bits per heavy atom. The van der Waals surface area contributed by atoms with Crippen molar-refractivity contribution in [1.29, 1.82) is 0 Å². The van der Waals surface area contributed by atoms with Gasteiger partial charge in [-0.05, 0) is 38.5 Å². The number of benzene rings is 1. The lowest BCUT2D eigenvalue weighted by molar-refractivity contribution is 0.0379. The van der Waals surface area contributed by atoms with Crippen LogP contribution in [-0.2, 0) is 9.47 Å². The van der Waals surface area contributed by atoms with Crippen LogP contribution in [0.2, 0.25) is 5.02 Å². The number of carbonyl (C=O) groups excluding carboxylic acids is 3. The smallest absolute Gasteiger partial charge is 0.348 e. The van der Waals surface area contributed by atoms with Gasteiger partial charge in [0.05, 0.1) is 29.4 Å². The minimum atomic E-state index is -0.852. The first kappa shape index (κ1) is 20.9. The highest BCUT2D eigenvalue weighted by atomic mass is 35.5. The number of amides is 1. The van der Waals surface area contributed by atoms with Gasteiger partial charge in [0, 0.05) is 0 Å². The van der Waals surface area contributed by atoms with Crippen molar-refractivity contribution >= 4 is 45.8 Å². The van der Waals surface area contributed by atoms with Crippen molar-refractivity contribution in [1.82, 2.24) is 0 Å². The number of hydrogen-bond acceptors (Lipinski definition) is 6. The van der Waals surface area contributed by atoms with Crippen molar-refractivity contribution in [2.45, 2.75) is 26.9 Å². The Balaban J connectivity index is 2.50. The highest BCUT2D eigenvalue weighted by Gasteiger charge is 2.28. The Hall–Kier alpha value is -2.45. The van der Waals surface area contributed by atoms with Crippen LogP contribution in [0.3, 0.4) is 0 Å². The number of carbonyl (C=O) groups is 3. The summed E-state index contributed by atoms with van der Waals surface area (Å²) in [5.74, 6) is -3.05. The summed E-state index contributed by atoms with van der Waals surface area (Å²) in [6, 6.07) is 3.83. The molecule has 2 aromatic rings. The molecule has 27 heavy (non-hydrogen) atoms. The summed E-state index contributed by atoms with van der Waals surface area (Å²) >= 11 is 6.74. The molecule has 0 saturated heterocycles. The summed E-state index contributed by atoms with van der Waals surface area (Å²) in [4.78, 5) is 37.0. The molecular weight excluding hydrogens is 397 g/mol. The predicted molar refractivity (Wildman–Crippen MR) is 100 cm³/mol. The van der Waals surface area contributed by atoms with E-state index in [9.17, 15) is 18.8 Å². The second-order valence-electron chi connectivity index (χ2n) is 5.76. The topological polar surface area (TPSA) is 81.7 Å². The van der Waals surface area contributed by atoms with Gasteiger partial charge in [0.25, 0.3) is 5.91 Å². The van der Waals surface area contributed by atoms with Gasteiger partial charge in [0.1, 0.15) is 15.7 Å². The molecule has 6 nitrogen and oxygen atoms in total. The number of thiophene rings is 1. The summed E-state index contributed by atoms with van der Waals surface area (Å²) in [5.41, 5.74) is -0.0599. The molecule has 0 aliphatic rings. The van der Waals surface area contributed by atoms with Crippen molar-refractivity contribution in [3.05, 3.63) is 50.6 Å². The molecule has 0 atom stereocenters. The van der Waals surface area contributed by atoms with Crippen LogP contribution in [0.15, 0.2) is 18.2 Å². The van der Waals surface area contributed by atoms with E-state index in [-0.39, 0.29) is 26.0 Å². The summed E-state index contributed by atoms with van der Waals surface area (Å²) in [6.07, 6.45) is -0.414. The Morgan fingerprint density at radius 3 is 2.41 bits per heavy atom. The van der Waals surface area contributed by atoms with E-state index in [1.165, 1.54) is 26.2 Å². The minimum Gasteiger partial charge on any atom is -0.465 e. The molecule has 1 aromatic heterocycles. The van der Waals surface area contributed by atoms with Gasteiger partial charge in [-0.2, -0.15) is 0 Å². The summed E-state index contributed by atoms with van der Waals surface area (Å²) < 4.78 is 23.9. The largest absolute Gasteiger partial charge is 0.465 e. The Morgan fingerprint density at radius 2 is 1.85 bits per heavy atom. The van der Waals surface area contributed by atoms with Crippen LogP contribution in [0.4, 0.5) is 9.39 Å². The molecule has 0 unspecified atom stereocenters.